The lowest BCUT2D eigenvalue weighted by atomic mass is 10.7. The number of halogens is 1. The van der Waals surface area contributed by atoms with E-state index in [4.69, 9.17) is 0 Å². The number of carbonyl (C=O) groups is 1. The topological polar surface area (TPSA) is 78.6 Å². The van der Waals surface area contributed by atoms with E-state index in [1.54, 1.807) is 0 Å². The van der Waals surface area contributed by atoms with E-state index in [0.717, 1.165) is 0 Å². The molecule has 0 aliphatic carbocycles. The molecule has 0 saturated carbocycles. The van der Waals surface area contributed by atoms with Gasteiger partial charge in [0.1, 0.15) is 0 Å². The van der Waals surface area contributed by atoms with Gasteiger partial charge in [0, 0.05) is 0 Å². The van der Waals surface area contributed by atoms with Crippen molar-refractivity contribution in [3.63, 3.8) is 0 Å². The number of carbonyl (C=O) groups excluding carboxylic acids is 1. The minimum Gasteiger partial charge on any atom is -0.340 e. The molecule has 0 aliphatic rings. The van der Waals surface area contributed by atoms with Crippen LogP contribution in [0.15, 0.2) is 0 Å². The molecule has 0 spiro atoms. The van der Waals surface area contributed by atoms with Crippen molar-refractivity contribution < 1.29 is 22.1 Å². The highest BCUT2D eigenvalue weighted by molar-refractivity contribution is 7.75. The molecule has 0 aromatic carbocycles. The summed E-state index contributed by atoms with van der Waals surface area (Å²) in [6, 6.07) is 0. The maximum atomic E-state index is 10.8. The van der Waals surface area contributed by atoms with Gasteiger partial charge >= 0.3 is 17.3 Å². The Labute approximate surface area is 52.7 Å². The van der Waals surface area contributed by atoms with Crippen LogP contribution in [-0.4, -0.2) is 16.7 Å². The summed E-state index contributed by atoms with van der Waals surface area (Å²) in [6.45, 7) is -0.463. The lowest BCUT2D eigenvalue weighted by Gasteiger charge is -1.92. The lowest BCUT2D eigenvalue weighted by Crippen LogP contribution is -2.17. The van der Waals surface area contributed by atoms with Gasteiger partial charge in [-0.15, -0.1) is 0 Å². The molecule has 0 heterocycles. The Morgan fingerprint density at radius 2 is 2.33 bits per heavy atom. The number of hydrogen-bond acceptors (Lipinski definition) is 5. The van der Waals surface area contributed by atoms with Crippen LogP contribution in [0.1, 0.15) is 0 Å². The van der Waals surface area contributed by atoms with Crippen LogP contribution in [0.5, 0.6) is 0 Å². The Hall–Kier alpha value is -0.530. The number of rotatable bonds is 3. The minimum absolute atomic E-state index is 0.463. The zero-order valence-electron chi connectivity index (χ0n) is 4.20. The van der Waals surface area contributed by atoms with Gasteiger partial charge in [-0.1, -0.05) is 4.39 Å². The molecule has 2 N–H and O–H groups in total. The van der Waals surface area contributed by atoms with Gasteiger partial charge in [0.2, 0.25) is 0 Å². The summed E-state index contributed by atoms with van der Waals surface area (Å²) in [6.07, 6.45) is 0. The SMILES string of the molecule is NCC(=O)OS(=O)OF. The van der Waals surface area contributed by atoms with Gasteiger partial charge in [-0.05, 0) is 4.53 Å². The molecule has 0 aromatic rings. The summed E-state index contributed by atoms with van der Waals surface area (Å²) in [5, 5.41) is 0. The van der Waals surface area contributed by atoms with Gasteiger partial charge < -0.3 is 9.92 Å². The second-order valence-corrected chi connectivity index (χ2v) is 1.63. The standard InChI is InChI=1S/C2H4FNO4S/c3-8-9(6)7-2(5)1-4/h1,4H2. The Morgan fingerprint density at radius 3 is 2.67 bits per heavy atom. The molecular weight excluding hydrogens is 153 g/mol. The van der Waals surface area contributed by atoms with Crippen molar-refractivity contribution in [2.45, 2.75) is 0 Å². The molecule has 0 aromatic heterocycles. The molecule has 5 nitrogen and oxygen atoms in total. The molecule has 0 amide bonds. The Kier molecular flexibility index (Phi) is 4.10. The Balaban J connectivity index is 3.47. The zero-order chi connectivity index (χ0) is 7.28. The fourth-order valence-corrected chi connectivity index (χ4v) is 0.368. The molecule has 0 rings (SSSR count). The third-order valence-corrected chi connectivity index (χ3v) is 0.804. The van der Waals surface area contributed by atoms with Gasteiger partial charge in [0.25, 0.3) is 0 Å². The predicted molar refractivity (Wildman–Crippen MR) is 25.5 cm³/mol. The average Bonchev–Trinajstić information content (AvgIpc) is 1.87. The van der Waals surface area contributed by atoms with Crippen molar-refractivity contribution in [2.75, 3.05) is 6.54 Å². The molecule has 0 saturated heterocycles. The molecule has 1 atom stereocenters. The smallest absolute Gasteiger partial charge is 0.340 e. The van der Waals surface area contributed by atoms with Crippen molar-refractivity contribution in [1.29, 1.82) is 0 Å². The highest BCUT2D eigenvalue weighted by atomic mass is 32.2. The Bertz CT molecular complexity index is 114. The van der Waals surface area contributed by atoms with Crippen molar-refractivity contribution in [1.82, 2.24) is 0 Å². The van der Waals surface area contributed by atoms with E-state index >= 15 is 0 Å². The molecule has 0 bridgehead atoms. The monoisotopic (exact) mass is 157 g/mol. The molecule has 1 unspecified atom stereocenters. The number of hydrogen-bond donors (Lipinski definition) is 1. The second kappa shape index (κ2) is 4.36. The lowest BCUT2D eigenvalue weighted by molar-refractivity contribution is -0.133. The van der Waals surface area contributed by atoms with Crippen LogP contribution in [0.3, 0.4) is 0 Å². The fraction of sp³-hybridized carbons (Fsp3) is 0.500. The van der Waals surface area contributed by atoms with Crippen LogP contribution >= 0.6 is 0 Å². The third-order valence-electron chi connectivity index (χ3n) is 0.379. The van der Waals surface area contributed by atoms with Gasteiger partial charge in [-0.3, -0.25) is 0 Å². The third kappa shape index (κ3) is 4.01. The Morgan fingerprint density at radius 1 is 1.78 bits per heavy atom. The van der Waals surface area contributed by atoms with Crippen molar-refractivity contribution >= 4 is 17.3 Å². The first-order chi connectivity index (χ1) is 4.20. The predicted octanol–water partition coefficient (Wildman–Crippen LogP) is -1.03. The second-order valence-electron chi connectivity index (χ2n) is 0.927. The van der Waals surface area contributed by atoms with Crippen molar-refractivity contribution in [3.05, 3.63) is 0 Å². The summed E-state index contributed by atoms with van der Waals surface area (Å²) in [7, 11) is 0. The van der Waals surface area contributed by atoms with E-state index < -0.39 is 23.9 Å². The fourth-order valence-electron chi connectivity index (χ4n) is 0.123. The first-order valence-corrected chi connectivity index (χ1v) is 2.82. The van der Waals surface area contributed by atoms with Crippen molar-refractivity contribution in [3.8, 4) is 0 Å². The quantitative estimate of drug-likeness (QED) is 0.566. The van der Waals surface area contributed by atoms with Gasteiger partial charge in [-0.2, -0.15) is 4.21 Å². The maximum absolute atomic E-state index is 10.8. The van der Waals surface area contributed by atoms with E-state index in [0.29, 0.717) is 0 Å². The van der Waals surface area contributed by atoms with Gasteiger partial charge in [-0.25, -0.2) is 4.79 Å². The molecule has 7 heteroatoms. The first-order valence-electron chi connectivity index (χ1n) is 1.82. The highest BCUT2D eigenvalue weighted by Gasteiger charge is 2.06. The summed E-state index contributed by atoms with van der Waals surface area (Å²) in [4.78, 5) is 9.99. The zero-order valence-corrected chi connectivity index (χ0v) is 5.02. The largest absolute Gasteiger partial charge is 0.396 e. The summed E-state index contributed by atoms with van der Waals surface area (Å²) in [5.41, 5.74) is 4.69. The summed E-state index contributed by atoms with van der Waals surface area (Å²) >= 11 is -2.65. The average molecular weight is 157 g/mol. The molecule has 0 aliphatic heterocycles. The first kappa shape index (κ1) is 8.47. The maximum Gasteiger partial charge on any atom is 0.396 e. The summed E-state index contributed by atoms with van der Waals surface area (Å²) in [5.74, 6) is -0.994. The van der Waals surface area contributed by atoms with E-state index in [9.17, 15) is 13.5 Å². The molecule has 54 valence electrons. The van der Waals surface area contributed by atoms with Crippen LogP contribution in [-0.2, 0) is 24.7 Å². The minimum atomic E-state index is -2.65. The van der Waals surface area contributed by atoms with E-state index in [-0.39, 0.29) is 0 Å². The van der Waals surface area contributed by atoms with Crippen molar-refractivity contribution in [2.24, 2.45) is 5.73 Å². The summed E-state index contributed by atoms with van der Waals surface area (Å²) < 4.78 is 26.8. The van der Waals surface area contributed by atoms with E-state index in [2.05, 4.69) is 14.3 Å². The van der Waals surface area contributed by atoms with Crippen LogP contribution in [0.25, 0.3) is 0 Å². The normalized spacial score (nSPS) is 12.7. The molecular formula is C2H4FNO4S. The molecule has 9 heavy (non-hydrogen) atoms. The van der Waals surface area contributed by atoms with Gasteiger partial charge in [0.05, 0.1) is 6.54 Å². The molecule has 0 radical (unpaired) electrons. The van der Waals surface area contributed by atoms with Crippen LogP contribution in [0.4, 0.5) is 4.53 Å². The van der Waals surface area contributed by atoms with Crippen LogP contribution in [0.2, 0.25) is 0 Å². The highest BCUT2D eigenvalue weighted by Crippen LogP contribution is 1.87. The van der Waals surface area contributed by atoms with Crippen LogP contribution in [0, 0.1) is 0 Å². The van der Waals surface area contributed by atoms with Crippen LogP contribution < -0.4 is 5.73 Å². The van der Waals surface area contributed by atoms with E-state index in [1.165, 1.54) is 0 Å². The number of nitrogens with two attached hydrogens (primary N) is 1. The molecule has 0 fully saturated rings. The van der Waals surface area contributed by atoms with E-state index in [1.807, 2.05) is 0 Å². The van der Waals surface area contributed by atoms with Gasteiger partial charge in [0.15, 0.2) is 0 Å².